The summed E-state index contributed by atoms with van der Waals surface area (Å²) in [5.74, 6) is -0.0160. The molecule has 1 rings (SSSR count). The van der Waals surface area contributed by atoms with Crippen molar-refractivity contribution in [2.75, 3.05) is 19.6 Å². The highest BCUT2D eigenvalue weighted by Gasteiger charge is 2.19. The van der Waals surface area contributed by atoms with Crippen LogP contribution in [-0.2, 0) is 4.79 Å². The Morgan fingerprint density at radius 3 is 2.61 bits per heavy atom. The smallest absolute Gasteiger partial charge is 0.303 e. The van der Waals surface area contributed by atoms with E-state index in [-0.39, 0.29) is 0 Å². The number of allylic oxidation sites excluding steroid dienone is 1. The minimum absolute atomic E-state index is 0.340. The van der Waals surface area contributed by atoms with Gasteiger partial charge in [-0.1, -0.05) is 12.5 Å². The van der Waals surface area contributed by atoms with Crippen LogP contribution < -0.4 is 0 Å². The second kappa shape index (κ2) is 9.15. The Balaban J connectivity index is 2.01. The van der Waals surface area contributed by atoms with Crippen molar-refractivity contribution in [3.8, 4) is 0 Å². The molecular formula is C15H27NO2. The predicted octanol–water partition coefficient (Wildman–Crippen LogP) is 3.31. The lowest BCUT2D eigenvalue weighted by molar-refractivity contribution is -0.137. The number of hydrogen-bond donors (Lipinski definition) is 1. The molecule has 104 valence electrons. The maximum Gasteiger partial charge on any atom is 0.303 e. The SMILES string of the molecule is C=CCCCCCN1CCC(CCC(=O)O)CC1. The molecule has 0 bridgehead atoms. The second-order valence-corrected chi connectivity index (χ2v) is 5.36. The number of carboxylic acid groups (broad SMARTS) is 1. The number of hydrogen-bond acceptors (Lipinski definition) is 2. The first-order valence-corrected chi connectivity index (χ1v) is 7.27. The molecule has 1 aliphatic rings. The molecule has 18 heavy (non-hydrogen) atoms. The van der Waals surface area contributed by atoms with Gasteiger partial charge in [0.25, 0.3) is 0 Å². The Labute approximate surface area is 111 Å². The molecule has 0 unspecified atom stereocenters. The lowest BCUT2D eigenvalue weighted by atomic mass is 9.92. The van der Waals surface area contributed by atoms with Gasteiger partial charge in [0, 0.05) is 6.42 Å². The molecular weight excluding hydrogens is 226 g/mol. The summed E-state index contributed by atoms with van der Waals surface area (Å²) in [6, 6.07) is 0. The molecule has 1 saturated heterocycles. The topological polar surface area (TPSA) is 40.5 Å². The molecule has 0 aromatic carbocycles. The van der Waals surface area contributed by atoms with Gasteiger partial charge in [-0.05, 0) is 64.1 Å². The molecule has 3 heteroatoms. The molecule has 0 aromatic heterocycles. The highest BCUT2D eigenvalue weighted by Crippen LogP contribution is 2.22. The van der Waals surface area contributed by atoms with Gasteiger partial charge < -0.3 is 10.0 Å². The lowest BCUT2D eigenvalue weighted by Gasteiger charge is -2.31. The van der Waals surface area contributed by atoms with E-state index in [0.717, 1.165) is 25.9 Å². The molecule has 1 aliphatic heterocycles. The minimum Gasteiger partial charge on any atom is -0.481 e. The van der Waals surface area contributed by atoms with Crippen LogP contribution in [0.2, 0.25) is 0 Å². The fourth-order valence-electron chi connectivity index (χ4n) is 2.63. The Morgan fingerprint density at radius 1 is 1.28 bits per heavy atom. The van der Waals surface area contributed by atoms with E-state index < -0.39 is 5.97 Å². The van der Waals surface area contributed by atoms with Gasteiger partial charge >= 0.3 is 5.97 Å². The molecule has 0 spiro atoms. The Morgan fingerprint density at radius 2 is 2.00 bits per heavy atom. The molecule has 0 radical (unpaired) electrons. The highest BCUT2D eigenvalue weighted by atomic mass is 16.4. The summed E-state index contributed by atoms with van der Waals surface area (Å²) in [7, 11) is 0. The minimum atomic E-state index is -0.653. The van der Waals surface area contributed by atoms with Crippen molar-refractivity contribution in [3.63, 3.8) is 0 Å². The van der Waals surface area contributed by atoms with Crippen LogP contribution in [0.4, 0.5) is 0 Å². The average Bonchev–Trinajstić information content (AvgIpc) is 2.37. The van der Waals surface area contributed by atoms with Crippen LogP contribution in [0.1, 0.15) is 51.4 Å². The standard InChI is InChI=1S/C15H27NO2/c1-2-3-4-5-6-11-16-12-9-14(10-13-16)7-8-15(17)18/h2,14H,1,3-13H2,(H,17,18). The Kier molecular flexibility index (Phi) is 7.74. The molecule has 1 N–H and O–H groups in total. The van der Waals surface area contributed by atoms with Crippen molar-refractivity contribution in [3.05, 3.63) is 12.7 Å². The van der Waals surface area contributed by atoms with Crippen LogP contribution in [0.15, 0.2) is 12.7 Å². The third-order valence-corrected chi connectivity index (χ3v) is 3.86. The molecule has 0 atom stereocenters. The van der Waals surface area contributed by atoms with Crippen molar-refractivity contribution in [2.45, 2.75) is 51.4 Å². The van der Waals surface area contributed by atoms with E-state index in [4.69, 9.17) is 5.11 Å². The van der Waals surface area contributed by atoms with Gasteiger partial charge in [-0.25, -0.2) is 0 Å². The van der Waals surface area contributed by atoms with Gasteiger partial charge in [0.15, 0.2) is 0 Å². The van der Waals surface area contributed by atoms with Crippen LogP contribution >= 0.6 is 0 Å². The van der Waals surface area contributed by atoms with Crippen molar-refractivity contribution in [1.29, 1.82) is 0 Å². The molecule has 3 nitrogen and oxygen atoms in total. The summed E-state index contributed by atoms with van der Waals surface area (Å²) in [5.41, 5.74) is 0. The molecule has 0 amide bonds. The van der Waals surface area contributed by atoms with Gasteiger partial charge in [-0.15, -0.1) is 6.58 Å². The fraction of sp³-hybridized carbons (Fsp3) is 0.800. The number of rotatable bonds is 9. The van der Waals surface area contributed by atoms with Crippen LogP contribution in [-0.4, -0.2) is 35.6 Å². The summed E-state index contributed by atoms with van der Waals surface area (Å²) >= 11 is 0. The maximum absolute atomic E-state index is 10.5. The van der Waals surface area contributed by atoms with Crippen molar-refractivity contribution in [1.82, 2.24) is 4.90 Å². The van der Waals surface area contributed by atoms with Crippen LogP contribution in [0, 0.1) is 5.92 Å². The number of unbranched alkanes of at least 4 members (excludes halogenated alkanes) is 3. The zero-order chi connectivity index (χ0) is 13.2. The van der Waals surface area contributed by atoms with Crippen molar-refractivity contribution >= 4 is 5.97 Å². The molecule has 0 aromatic rings. The van der Waals surface area contributed by atoms with E-state index in [9.17, 15) is 4.79 Å². The quantitative estimate of drug-likeness (QED) is 0.506. The lowest BCUT2D eigenvalue weighted by Crippen LogP contribution is -2.34. The number of nitrogens with zero attached hydrogens (tertiary/aromatic N) is 1. The van der Waals surface area contributed by atoms with Gasteiger partial charge in [-0.3, -0.25) is 4.79 Å². The van der Waals surface area contributed by atoms with Gasteiger partial charge in [-0.2, -0.15) is 0 Å². The van der Waals surface area contributed by atoms with E-state index in [1.807, 2.05) is 6.08 Å². The Hall–Kier alpha value is -0.830. The zero-order valence-corrected chi connectivity index (χ0v) is 11.4. The second-order valence-electron chi connectivity index (χ2n) is 5.36. The van der Waals surface area contributed by atoms with Crippen molar-refractivity contribution < 1.29 is 9.90 Å². The van der Waals surface area contributed by atoms with E-state index in [1.54, 1.807) is 0 Å². The zero-order valence-electron chi connectivity index (χ0n) is 11.4. The summed E-state index contributed by atoms with van der Waals surface area (Å²) in [5, 5.41) is 8.67. The first-order chi connectivity index (χ1) is 8.72. The molecule has 1 fully saturated rings. The third kappa shape index (κ3) is 6.80. The highest BCUT2D eigenvalue weighted by molar-refractivity contribution is 5.66. The first-order valence-electron chi connectivity index (χ1n) is 7.27. The molecule has 0 aliphatic carbocycles. The number of aliphatic carboxylic acids is 1. The third-order valence-electron chi connectivity index (χ3n) is 3.86. The van der Waals surface area contributed by atoms with Crippen LogP contribution in [0.5, 0.6) is 0 Å². The Bertz CT molecular complexity index is 245. The predicted molar refractivity (Wildman–Crippen MR) is 74.7 cm³/mol. The summed E-state index contributed by atoms with van der Waals surface area (Å²) in [6.07, 6.45) is 10.5. The van der Waals surface area contributed by atoms with E-state index in [0.29, 0.717) is 12.3 Å². The number of carboxylic acids is 1. The summed E-state index contributed by atoms with van der Waals surface area (Å²) < 4.78 is 0. The summed E-state index contributed by atoms with van der Waals surface area (Å²) in [4.78, 5) is 13.0. The van der Waals surface area contributed by atoms with Crippen molar-refractivity contribution in [2.24, 2.45) is 5.92 Å². The van der Waals surface area contributed by atoms with Gasteiger partial charge in [0.05, 0.1) is 0 Å². The van der Waals surface area contributed by atoms with Crippen LogP contribution in [0.25, 0.3) is 0 Å². The first kappa shape index (κ1) is 15.2. The fourth-order valence-corrected chi connectivity index (χ4v) is 2.63. The van der Waals surface area contributed by atoms with Gasteiger partial charge in [0.2, 0.25) is 0 Å². The number of likely N-dealkylation sites (tertiary alicyclic amines) is 1. The molecule has 0 saturated carbocycles. The average molecular weight is 253 g/mol. The van der Waals surface area contributed by atoms with Crippen LogP contribution in [0.3, 0.4) is 0 Å². The number of carbonyl (C=O) groups is 1. The maximum atomic E-state index is 10.5. The largest absolute Gasteiger partial charge is 0.481 e. The van der Waals surface area contributed by atoms with Gasteiger partial charge in [0.1, 0.15) is 0 Å². The van der Waals surface area contributed by atoms with E-state index in [1.165, 1.54) is 38.6 Å². The van der Waals surface area contributed by atoms with E-state index >= 15 is 0 Å². The number of piperidine rings is 1. The monoisotopic (exact) mass is 253 g/mol. The summed E-state index contributed by atoms with van der Waals surface area (Å²) in [6.45, 7) is 7.26. The molecule has 1 heterocycles. The van der Waals surface area contributed by atoms with E-state index in [2.05, 4.69) is 11.5 Å². The normalized spacial score (nSPS) is 17.8.